The first kappa shape index (κ1) is 18.4. The second kappa shape index (κ2) is 8.34. The quantitative estimate of drug-likeness (QED) is 0.865. The van der Waals surface area contributed by atoms with Crippen LogP contribution in [0.4, 0.5) is 5.82 Å². The molecule has 1 fully saturated rings. The maximum Gasteiger partial charge on any atom is 0.220 e. The SMILES string of the molecule is Cc1cccc(N2CCC[C@H](NC(=O)CCCn3nc(C)cc3C)C2)n1. The minimum atomic E-state index is 0.135. The first-order valence-electron chi connectivity index (χ1n) is 9.50. The fourth-order valence-corrected chi connectivity index (χ4v) is 3.60. The monoisotopic (exact) mass is 355 g/mol. The molecule has 0 saturated carbocycles. The van der Waals surface area contributed by atoms with Gasteiger partial charge in [-0.3, -0.25) is 9.48 Å². The molecule has 0 bridgehead atoms. The number of hydrogen-bond donors (Lipinski definition) is 1. The van der Waals surface area contributed by atoms with Crippen molar-refractivity contribution >= 4 is 11.7 Å². The standard InChI is InChI=1S/C20H29N5O/c1-15-7-4-9-19(21-15)24-11-5-8-18(14-24)22-20(26)10-6-12-25-17(3)13-16(2)23-25/h4,7,9,13,18H,5-6,8,10-12,14H2,1-3H3,(H,22,26)/t18-/m0/s1. The molecule has 2 aromatic heterocycles. The van der Waals surface area contributed by atoms with E-state index in [2.05, 4.69) is 33.3 Å². The van der Waals surface area contributed by atoms with Crippen molar-refractivity contribution in [3.8, 4) is 0 Å². The summed E-state index contributed by atoms with van der Waals surface area (Å²) in [5, 5.41) is 7.65. The molecule has 1 amide bonds. The molecule has 3 heterocycles. The van der Waals surface area contributed by atoms with Gasteiger partial charge in [0.25, 0.3) is 0 Å². The van der Waals surface area contributed by atoms with E-state index in [0.717, 1.165) is 61.8 Å². The Bertz CT molecular complexity index is 754. The minimum absolute atomic E-state index is 0.135. The zero-order valence-corrected chi connectivity index (χ0v) is 16.0. The summed E-state index contributed by atoms with van der Waals surface area (Å²) in [7, 11) is 0. The lowest BCUT2D eigenvalue weighted by atomic mass is 10.1. The second-order valence-corrected chi connectivity index (χ2v) is 7.24. The average molecular weight is 355 g/mol. The van der Waals surface area contributed by atoms with Crippen molar-refractivity contribution in [2.75, 3.05) is 18.0 Å². The average Bonchev–Trinajstić information content (AvgIpc) is 2.92. The molecular formula is C20H29N5O. The Morgan fingerprint density at radius 1 is 1.27 bits per heavy atom. The van der Waals surface area contributed by atoms with E-state index in [-0.39, 0.29) is 11.9 Å². The number of carbonyl (C=O) groups excluding carboxylic acids is 1. The topological polar surface area (TPSA) is 63.1 Å². The summed E-state index contributed by atoms with van der Waals surface area (Å²) in [5.74, 6) is 1.14. The van der Waals surface area contributed by atoms with Crippen molar-refractivity contribution < 1.29 is 4.79 Å². The summed E-state index contributed by atoms with van der Waals surface area (Å²) >= 11 is 0. The van der Waals surface area contributed by atoms with E-state index in [9.17, 15) is 4.79 Å². The number of nitrogens with zero attached hydrogens (tertiary/aromatic N) is 4. The number of nitrogens with one attached hydrogen (secondary N) is 1. The maximum atomic E-state index is 12.3. The van der Waals surface area contributed by atoms with Crippen molar-refractivity contribution in [3.63, 3.8) is 0 Å². The lowest BCUT2D eigenvalue weighted by molar-refractivity contribution is -0.122. The van der Waals surface area contributed by atoms with Crippen LogP contribution in [0.15, 0.2) is 24.3 Å². The van der Waals surface area contributed by atoms with Gasteiger partial charge in [-0.2, -0.15) is 5.10 Å². The molecule has 140 valence electrons. The van der Waals surface area contributed by atoms with Crippen LogP contribution in [-0.4, -0.2) is 39.8 Å². The first-order chi connectivity index (χ1) is 12.5. The Kier molecular flexibility index (Phi) is 5.91. The molecule has 0 aliphatic carbocycles. The van der Waals surface area contributed by atoms with E-state index in [1.807, 2.05) is 36.7 Å². The Labute approximate surface area is 155 Å². The molecule has 26 heavy (non-hydrogen) atoms. The molecular weight excluding hydrogens is 326 g/mol. The van der Waals surface area contributed by atoms with Crippen LogP contribution in [0.5, 0.6) is 0 Å². The molecule has 0 aromatic carbocycles. The van der Waals surface area contributed by atoms with Crippen LogP contribution in [0.2, 0.25) is 0 Å². The number of pyridine rings is 1. The number of hydrogen-bond acceptors (Lipinski definition) is 4. The summed E-state index contributed by atoms with van der Waals surface area (Å²) in [6.45, 7) is 8.68. The van der Waals surface area contributed by atoms with Crippen LogP contribution in [0.1, 0.15) is 42.8 Å². The van der Waals surface area contributed by atoms with Gasteiger partial charge in [-0.1, -0.05) is 6.07 Å². The molecule has 3 rings (SSSR count). The Morgan fingerprint density at radius 3 is 2.85 bits per heavy atom. The fraction of sp³-hybridized carbons (Fsp3) is 0.550. The number of carbonyl (C=O) groups is 1. The van der Waals surface area contributed by atoms with E-state index < -0.39 is 0 Å². The third-order valence-corrected chi connectivity index (χ3v) is 4.86. The number of aryl methyl sites for hydroxylation is 4. The zero-order chi connectivity index (χ0) is 18.5. The molecule has 1 atom stereocenters. The van der Waals surface area contributed by atoms with E-state index >= 15 is 0 Å². The second-order valence-electron chi connectivity index (χ2n) is 7.24. The van der Waals surface area contributed by atoms with Crippen molar-refractivity contribution in [3.05, 3.63) is 41.3 Å². The van der Waals surface area contributed by atoms with Gasteiger partial charge in [-0.15, -0.1) is 0 Å². The van der Waals surface area contributed by atoms with E-state index in [1.165, 1.54) is 0 Å². The van der Waals surface area contributed by atoms with Crippen LogP contribution in [-0.2, 0) is 11.3 Å². The van der Waals surface area contributed by atoms with Crippen LogP contribution < -0.4 is 10.2 Å². The van der Waals surface area contributed by atoms with Gasteiger partial charge in [0.2, 0.25) is 5.91 Å². The number of amides is 1. The predicted octanol–water partition coefficient (Wildman–Crippen LogP) is 2.77. The van der Waals surface area contributed by atoms with Crippen molar-refractivity contribution in [2.24, 2.45) is 0 Å². The Hall–Kier alpha value is -2.37. The highest BCUT2D eigenvalue weighted by Gasteiger charge is 2.22. The summed E-state index contributed by atoms with van der Waals surface area (Å²) in [6, 6.07) is 8.36. The third kappa shape index (κ3) is 4.84. The van der Waals surface area contributed by atoms with Gasteiger partial charge < -0.3 is 10.2 Å². The van der Waals surface area contributed by atoms with Gasteiger partial charge in [-0.25, -0.2) is 4.98 Å². The van der Waals surface area contributed by atoms with Crippen LogP contribution >= 0.6 is 0 Å². The lowest BCUT2D eigenvalue weighted by Crippen LogP contribution is -2.48. The summed E-state index contributed by atoms with van der Waals surface area (Å²) < 4.78 is 1.98. The van der Waals surface area contributed by atoms with Crippen LogP contribution in [0.25, 0.3) is 0 Å². The maximum absolute atomic E-state index is 12.3. The number of aromatic nitrogens is 3. The lowest BCUT2D eigenvalue weighted by Gasteiger charge is -2.34. The molecule has 0 spiro atoms. The highest BCUT2D eigenvalue weighted by atomic mass is 16.1. The molecule has 1 saturated heterocycles. The number of anilines is 1. The first-order valence-corrected chi connectivity index (χ1v) is 9.50. The van der Waals surface area contributed by atoms with Gasteiger partial charge in [-0.05, 0) is 58.2 Å². The molecule has 6 heteroatoms. The van der Waals surface area contributed by atoms with E-state index in [0.29, 0.717) is 6.42 Å². The molecule has 0 radical (unpaired) electrons. The summed E-state index contributed by atoms with van der Waals surface area (Å²) in [5.41, 5.74) is 3.20. The van der Waals surface area contributed by atoms with Gasteiger partial charge in [0.1, 0.15) is 5.82 Å². The highest BCUT2D eigenvalue weighted by molar-refractivity contribution is 5.76. The minimum Gasteiger partial charge on any atom is -0.355 e. The highest BCUT2D eigenvalue weighted by Crippen LogP contribution is 2.18. The van der Waals surface area contributed by atoms with Gasteiger partial charge >= 0.3 is 0 Å². The van der Waals surface area contributed by atoms with E-state index in [1.54, 1.807) is 0 Å². The normalized spacial score (nSPS) is 17.3. The number of rotatable bonds is 6. The van der Waals surface area contributed by atoms with Crippen molar-refractivity contribution in [2.45, 2.75) is 59.0 Å². The largest absolute Gasteiger partial charge is 0.355 e. The fourth-order valence-electron chi connectivity index (χ4n) is 3.60. The molecule has 1 aliphatic rings. The van der Waals surface area contributed by atoms with Crippen LogP contribution in [0.3, 0.4) is 0 Å². The molecule has 0 unspecified atom stereocenters. The van der Waals surface area contributed by atoms with Gasteiger partial charge in [0, 0.05) is 43.5 Å². The van der Waals surface area contributed by atoms with Gasteiger partial charge in [0.15, 0.2) is 0 Å². The summed E-state index contributed by atoms with van der Waals surface area (Å²) in [4.78, 5) is 19.2. The van der Waals surface area contributed by atoms with Crippen LogP contribution in [0, 0.1) is 20.8 Å². The third-order valence-electron chi connectivity index (χ3n) is 4.86. The summed E-state index contributed by atoms with van der Waals surface area (Å²) in [6.07, 6.45) is 3.46. The predicted molar refractivity (Wildman–Crippen MR) is 103 cm³/mol. The molecule has 6 nitrogen and oxygen atoms in total. The smallest absolute Gasteiger partial charge is 0.220 e. The Balaban J connectivity index is 1.45. The van der Waals surface area contributed by atoms with Crippen molar-refractivity contribution in [1.29, 1.82) is 0 Å². The molecule has 2 aromatic rings. The van der Waals surface area contributed by atoms with Crippen molar-refractivity contribution in [1.82, 2.24) is 20.1 Å². The molecule has 1 aliphatic heterocycles. The van der Waals surface area contributed by atoms with E-state index in [4.69, 9.17) is 0 Å². The zero-order valence-electron chi connectivity index (χ0n) is 16.0. The molecule has 1 N–H and O–H groups in total. The number of piperidine rings is 1. The van der Waals surface area contributed by atoms with Gasteiger partial charge in [0.05, 0.1) is 5.69 Å². The Morgan fingerprint density at radius 2 is 2.12 bits per heavy atom.